The Bertz CT molecular complexity index is 685. The summed E-state index contributed by atoms with van der Waals surface area (Å²) in [5, 5.41) is 0. The second-order valence-electron chi connectivity index (χ2n) is 5.79. The minimum absolute atomic E-state index is 0.113. The molecule has 0 N–H and O–H groups in total. The fourth-order valence-corrected chi connectivity index (χ4v) is 2.95. The minimum Gasteiger partial charge on any atom is -0.459 e. The van der Waals surface area contributed by atoms with Gasteiger partial charge in [0.2, 0.25) is 5.91 Å². The fraction of sp³-hybridized carbons (Fsp3) is 0.471. The van der Waals surface area contributed by atoms with Crippen LogP contribution in [0, 0.1) is 0 Å². The number of imidazole rings is 1. The number of furan rings is 1. The molecule has 2 amide bonds. The van der Waals surface area contributed by atoms with Gasteiger partial charge < -0.3 is 18.8 Å². The average Bonchev–Trinajstić information content (AvgIpc) is 3.30. The average molecular weight is 330 g/mol. The molecular weight excluding hydrogens is 308 g/mol. The van der Waals surface area contributed by atoms with Gasteiger partial charge in [-0.15, -0.1) is 0 Å². The van der Waals surface area contributed by atoms with E-state index in [-0.39, 0.29) is 11.8 Å². The molecule has 0 saturated carbocycles. The molecule has 0 unspecified atom stereocenters. The van der Waals surface area contributed by atoms with E-state index in [1.807, 2.05) is 15.7 Å². The summed E-state index contributed by atoms with van der Waals surface area (Å²) < 4.78 is 7.17. The number of carbonyl (C=O) groups excluding carboxylic acids is 2. The summed E-state index contributed by atoms with van der Waals surface area (Å²) >= 11 is 0. The van der Waals surface area contributed by atoms with Gasteiger partial charge in [0, 0.05) is 58.0 Å². The molecule has 3 heterocycles. The molecule has 128 valence electrons. The molecule has 0 bridgehead atoms. The van der Waals surface area contributed by atoms with E-state index in [2.05, 4.69) is 11.9 Å². The third-order valence-electron chi connectivity index (χ3n) is 4.34. The number of hydrogen-bond donors (Lipinski definition) is 0. The van der Waals surface area contributed by atoms with Crippen LogP contribution in [0.2, 0.25) is 0 Å². The highest BCUT2D eigenvalue weighted by Crippen LogP contribution is 2.11. The summed E-state index contributed by atoms with van der Waals surface area (Å²) in [5.41, 5.74) is 0. The number of carbonyl (C=O) groups is 2. The van der Waals surface area contributed by atoms with Crippen LogP contribution in [-0.2, 0) is 17.8 Å². The van der Waals surface area contributed by atoms with E-state index in [1.54, 1.807) is 23.2 Å². The number of piperazine rings is 1. The van der Waals surface area contributed by atoms with Crippen molar-refractivity contribution in [1.82, 2.24) is 19.4 Å². The first kappa shape index (κ1) is 16.3. The van der Waals surface area contributed by atoms with E-state index < -0.39 is 0 Å². The molecule has 24 heavy (non-hydrogen) atoms. The van der Waals surface area contributed by atoms with Gasteiger partial charge in [0.25, 0.3) is 5.91 Å². The van der Waals surface area contributed by atoms with Crippen molar-refractivity contribution in [2.75, 3.05) is 26.2 Å². The zero-order valence-corrected chi connectivity index (χ0v) is 13.9. The summed E-state index contributed by atoms with van der Waals surface area (Å²) in [4.78, 5) is 32.4. The monoisotopic (exact) mass is 330 g/mol. The molecule has 1 aliphatic heterocycles. The van der Waals surface area contributed by atoms with Crippen LogP contribution in [0.4, 0.5) is 0 Å². The number of rotatable bonds is 5. The van der Waals surface area contributed by atoms with Gasteiger partial charge in [-0.3, -0.25) is 9.59 Å². The van der Waals surface area contributed by atoms with Crippen molar-refractivity contribution < 1.29 is 14.0 Å². The molecular formula is C17H22N4O3. The van der Waals surface area contributed by atoms with Crippen molar-refractivity contribution >= 4 is 11.8 Å². The molecule has 0 aliphatic carbocycles. The number of aromatic nitrogens is 2. The zero-order valence-electron chi connectivity index (χ0n) is 13.9. The lowest BCUT2D eigenvalue weighted by molar-refractivity contribution is -0.132. The Morgan fingerprint density at radius 3 is 2.62 bits per heavy atom. The Balaban J connectivity index is 1.47. The van der Waals surface area contributed by atoms with Gasteiger partial charge in [-0.1, -0.05) is 6.92 Å². The first-order chi connectivity index (χ1) is 11.7. The maximum Gasteiger partial charge on any atom is 0.289 e. The molecule has 1 aliphatic rings. The molecule has 7 nitrogen and oxygen atoms in total. The molecule has 1 saturated heterocycles. The van der Waals surface area contributed by atoms with Crippen molar-refractivity contribution in [3.8, 4) is 0 Å². The number of hydrogen-bond acceptors (Lipinski definition) is 4. The van der Waals surface area contributed by atoms with Crippen LogP contribution in [-0.4, -0.2) is 57.3 Å². The van der Waals surface area contributed by atoms with Crippen LogP contribution in [0.15, 0.2) is 35.2 Å². The minimum atomic E-state index is -0.113. The smallest absolute Gasteiger partial charge is 0.289 e. The van der Waals surface area contributed by atoms with Crippen LogP contribution in [0.25, 0.3) is 0 Å². The summed E-state index contributed by atoms with van der Waals surface area (Å²) in [5.74, 6) is 1.35. The molecule has 7 heteroatoms. The lowest BCUT2D eigenvalue weighted by Gasteiger charge is -2.34. The molecule has 0 spiro atoms. The number of nitrogens with zero attached hydrogens (tertiary/aromatic N) is 4. The van der Waals surface area contributed by atoms with E-state index in [4.69, 9.17) is 4.42 Å². The third-order valence-corrected chi connectivity index (χ3v) is 4.34. The molecule has 0 radical (unpaired) electrons. The molecule has 2 aromatic rings. The highest BCUT2D eigenvalue weighted by Gasteiger charge is 2.25. The summed E-state index contributed by atoms with van der Waals surface area (Å²) in [6.45, 7) is 4.91. The Morgan fingerprint density at radius 1 is 1.21 bits per heavy atom. The summed E-state index contributed by atoms with van der Waals surface area (Å²) in [6, 6.07) is 3.37. The van der Waals surface area contributed by atoms with Gasteiger partial charge in [0.15, 0.2) is 5.76 Å². The van der Waals surface area contributed by atoms with Crippen LogP contribution in [0.1, 0.15) is 29.7 Å². The van der Waals surface area contributed by atoms with Crippen molar-refractivity contribution in [2.24, 2.45) is 0 Å². The Kier molecular flexibility index (Phi) is 4.98. The van der Waals surface area contributed by atoms with Crippen molar-refractivity contribution in [1.29, 1.82) is 0 Å². The predicted molar refractivity (Wildman–Crippen MR) is 87.4 cm³/mol. The van der Waals surface area contributed by atoms with E-state index in [9.17, 15) is 9.59 Å². The molecule has 0 atom stereocenters. The maximum atomic E-state index is 12.4. The Hall–Kier alpha value is -2.57. The van der Waals surface area contributed by atoms with Gasteiger partial charge in [0.1, 0.15) is 5.82 Å². The molecule has 3 rings (SSSR count). The Labute approximate surface area is 140 Å². The lowest BCUT2D eigenvalue weighted by Crippen LogP contribution is -2.50. The molecule has 2 aromatic heterocycles. The molecule has 0 aromatic carbocycles. The van der Waals surface area contributed by atoms with E-state index >= 15 is 0 Å². The second kappa shape index (κ2) is 7.33. The Morgan fingerprint density at radius 2 is 1.96 bits per heavy atom. The van der Waals surface area contributed by atoms with E-state index in [0.29, 0.717) is 44.9 Å². The zero-order chi connectivity index (χ0) is 16.9. The summed E-state index contributed by atoms with van der Waals surface area (Å²) in [7, 11) is 0. The van der Waals surface area contributed by atoms with E-state index in [1.165, 1.54) is 6.26 Å². The first-order valence-corrected chi connectivity index (χ1v) is 8.29. The van der Waals surface area contributed by atoms with Crippen LogP contribution in [0.3, 0.4) is 0 Å². The predicted octanol–water partition coefficient (Wildman–Crippen LogP) is 1.41. The SMILES string of the molecule is CCc1nccn1CCC(=O)N1CCN(C(=O)c2ccco2)CC1. The van der Waals surface area contributed by atoms with Crippen molar-refractivity contribution in [3.63, 3.8) is 0 Å². The number of aryl methyl sites for hydroxylation is 2. The van der Waals surface area contributed by atoms with Crippen LogP contribution in [0.5, 0.6) is 0 Å². The van der Waals surface area contributed by atoms with Gasteiger partial charge in [-0.25, -0.2) is 4.98 Å². The van der Waals surface area contributed by atoms with Gasteiger partial charge >= 0.3 is 0 Å². The van der Waals surface area contributed by atoms with E-state index in [0.717, 1.165) is 12.2 Å². The van der Waals surface area contributed by atoms with Crippen molar-refractivity contribution in [2.45, 2.75) is 26.3 Å². The summed E-state index contributed by atoms with van der Waals surface area (Å²) in [6.07, 6.45) is 6.48. The van der Waals surface area contributed by atoms with Gasteiger partial charge in [-0.2, -0.15) is 0 Å². The van der Waals surface area contributed by atoms with Gasteiger partial charge in [0.05, 0.1) is 6.26 Å². The van der Waals surface area contributed by atoms with Gasteiger partial charge in [-0.05, 0) is 12.1 Å². The normalized spacial score (nSPS) is 14.9. The fourth-order valence-electron chi connectivity index (χ4n) is 2.95. The number of amides is 2. The quantitative estimate of drug-likeness (QED) is 0.831. The highest BCUT2D eigenvalue weighted by atomic mass is 16.3. The third kappa shape index (κ3) is 3.50. The van der Waals surface area contributed by atoms with Crippen LogP contribution >= 0.6 is 0 Å². The lowest BCUT2D eigenvalue weighted by atomic mass is 10.2. The standard InChI is InChI=1S/C17H22N4O3/c1-2-15-18-6-8-19(15)7-5-16(22)20-9-11-21(12-10-20)17(23)14-4-3-13-24-14/h3-4,6,8,13H,2,5,7,9-12H2,1H3. The molecule has 1 fully saturated rings. The first-order valence-electron chi connectivity index (χ1n) is 8.29. The topological polar surface area (TPSA) is 71.6 Å². The maximum absolute atomic E-state index is 12.4. The largest absolute Gasteiger partial charge is 0.459 e. The highest BCUT2D eigenvalue weighted by molar-refractivity contribution is 5.91. The van der Waals surface area contributed by atoms with Crippen molar-refractivity contribution in [3.05, 3.63) is 42.4 Å². The second-order valence-corrected chi connectivity index (χ2v) is 5.79. The van der Waals surface area contributed by atoms with Crippen LogP contribution < -0.4 is 0 Å².